The first-order chi connectivity index (χ1) is 10.4. The van der Waals surface area contributed by atoms with Gasteiger partial charge in [-0.15, -0.1) is 0 Å². The summed E-state index contributed by atoms with van der Waals surface area (Å²) in [5, 5.41) is 20.5. The molecule has 2 rings (SSSR count). The predicted octanol–water partition coefficient (Wildman–Crippen LogP) is 0.883. The Bertz CT molecular complexity index is 707. The van der Waals surface area contributed by atoms with E-state index in [1.54, 1.807) is 19.1 Å². The van der Waals surface area contributed by atoms with Gasteiger partial charge in [-0.1, -0.05) is 12.1 Å². The number of halogens is 2. The zero-order valence-electron chi connectivity index (χ0n) is 11.8. The fraction of sp³-hybridized carbons (Fsp3) is 0.133. The summed E-state index contributed by atoms with van der Waals surface area (Å²) in [6, 6.07) is 7.87. The summed E-state index contributed by atoms with van der Waals surface area (Å²) >= 11 is 0. The number of rotatable bonds is 4. The van der Waals surface area contributed by atoms with Crippen molar-refractivity contribution in [2.24, 2.45) is 0 Å². The molecule has 0 aliphatic heterocycles. The van der Waals surface area contributed by atoms with Gasteiger partial charge in [-0.25, -0.2) is 8.78 Å². The first kappa shape index (κ1) is 16.1. The molecule has 0 fully saturated rings. The van der Waals surface area contributed by atoms with Crippen LogP contribution in [0.25, 0.3) is 0 Å². The summed E-state index contributed by atoms with van der Waals surface area (Å²) in [6.07, 6.45) is 0. The monoisotopic (exact) mass is 305 g/mol. The van der Waals surface area contributed by atoms with E-state index in [0.717, 1.165) is 17.7 Å². The molecule has 0 heterocycles. The number of carbonyl (C=O) groups is 1. The van der Waals surface area contributed by atoms with Crippen molar-refractivity contribution in [3.05, 3.63) is 64.7 Å². The Balaban J connectivity index is 2.11. The average Bonchev–Trinajstić information content (AvgIpc) is 2.46. The van der Waals surface area contributed by atoms with Gasteiger partial charge >= 0.3 is 7.12 Å². The predicted molar refractivity (Wildman–Crippen MR) is 78.5 cm³/mol. The number of hydrogen-bond donors (Lipinski definition) is 3. The fourth-order valence-electron chi connectivity index (χ4n) is 1.96. The van der Waals surface area contributed by atoms with Crippen molar-refractivity contribution in [3.63, 3.8) is 0 Å². The molecule has 0 aliphatic rings. The maximum Gasteiger partial charge on any atom is 0.491 e. The van der Waals surface area contributed by atoms with E-state index in [2.05, 4.69) is 5.32 Å². The summed E-state index contributed by atoms with van der Waals surface area (Å²) in [7, 11) is -2.01. The smallest absolute Gasteiger partial charge is 0.423 e. The van der Waals surface area contributed by atoms with Crippen LogP contribution in [-0.2, 0) is 6.54 Å². The van der Waals surface area contributed by atoms with Crippen LogP contribution in [0.1, 0.15) is 21.5 Å². The van der Waals surface area contributed by atoms with E-state index in [4.69, 9.17) is 10.0 Å². The molecule has 0 aliphatic carbocycles. The van der Waals surface area contributed by atoms with Crippen LogP contribution in [0.3, 0.4) is 0 Å². The van der Waals surface area contributed by atoms with Crippen molar-refractivity contribution in [3.8, 4) is 0 Å². The van der Waals surface area contributed by atoms with Crippen molar-refractivity contribution in [1.82, 2.24) is 5.32 Å². The van der Waals surface area contributed by atoms with Crippen molar-refractivity contribution in [2.45, 2.75) is 13.5 Å². The molecule has 1 amide bonds. The van der Waals surface area contributed by atoms with Gasteiger partial charge in [0.15, 0.2) is 0 Å². The van der Waals surface area contributed by atoms with E-state index >= 15 is 0 Å². The molecule has 0 spiro atoms. The third kappa shape index (κ3) is 3.69. The third-order valence-electron chi connectivity index (χ3n) is 3.18. The van der Waals surface area contributed by atoms with E-state index < -0.39 is 30.1 Å². The number of amides is 1. The number of hydrogen-bond acceptors (Lipinski definition) is 3. The van der Waals surface area contributed by atoms with Gasteiger partial charge in [0.2, 0.25) is 0 Å². The lowest BCUT2D eigenvalue weighted by atomic mass is 9.79. The maximum absolute atomic E-state index is 13.7. The highest BCUT2D eigenvalue weighted by atomic mass is 19.1. The minimum atomic E-state index is -2.01. The SMILES string of the molecule is Cc1ccc(CNC(=O)c2ccc(F)c(B(O)O)c2)c(F)c1. The molecule has 0 aromatic heterocycles. The minimum Gasteiger partial charge on any atom is -0.423 e. The van der Waals surface area contributed by atoms with E-state index in [1.807, 2.05) is 0 Å². The zero-order chi connectivity index (χ0) is 16.3. The second-order valence-corrected chi connectivity index (χ2v) is 4.89. The van der Waals surface area contributed by atoms with Crippen LogP contribution in [0.5, 0.6) is 0 Å². The Kier molecular flexibility index (Phi) is 4.90. The van der Waals surface area contributed by atoms with Crippen LogP contribution < -0.4 is 10.8 Å². The first-order valence-corrected chi connectivity index (χ1v) is 6.57. The highest BCUT2D eigenvalue weighted by molar-refractivity contribution is 6.58. The van der Waals surface area contributed by atoms with E-state index in [0.29, 0.717) is 5.56 Å². The first-order valence-electron chi connectivity index (χ1n) is 6.57. The molecule has 0 saturated heterocycles. The molecule has 0 radical (unpaired) electrons. The van der Waals surface area contributed by atoms with E-state index in [-0.39, 0.29) is 12.1 Å². The third-order valence-corrected chi connectivity index (χ3v) is 3.18. The maximum atomic E-state index is 13.7. The summed E-state index contributed by atoms with van der Waals surface area (Å²) in [6.45, 7) is 1.73. The number of nitrogens with one attached hydrogen (secondary N) is 1. The quantitative estimate of drug-likeness (QED) is 0.735. The summed E-state index contributed by atoms with van der Waals surface area (Å²) in [5.74, 6) is -1.82. The standard InChI is InChI=1S/C15H14BF2NO3/c1-9-2-3-11(14(18)6-9)8-19-15(20)10-4-5-13(17)12(7-10)16(21)22/h2-7,21-22H,8H2,1H3,(H,19,20). The molecular formula is C15H14BF2NO3. The highest BCUT2D eigenvalue weighted by Crippen LogP contribution is 2.10. The fourth-order valence-corrected chi connectivity index (χ4v) is 1.96. The van der Waals surface area contributed by atoms with Crippen molar-refractivity contribution < 1.29 is 23.6 Å². The van der Waals surface area contributed by atoms with Crippen molar-refractivity contribution >= 4 is 18.5 Å². The van der Waals surface area contributed by atoms with Crippen LogP contribution in [0.2, 0.25) is 0 Å². The molecule has 0 unspecified atom stereocenters. The molecule has 114 valence electrons. The van der Waals surface area contributed by atoms with Gasteiger partial charge < -0.3 is 15.4 Å². The van der Waals surface area contributed by atoms with Gasteiger partial charge in [0.1, 0.15) is 11.6 Å². The summed E-state index contributed by atoms with van der Waals surface area (Å²) < 4.78 is 27.0. The van der Waals surface area contributed by atoms with Crippen molar-refractivity contribution in [1.29, 1.82) is 0 Å². The second-order valence-electron chi connectivity index (χ2n) is 4.89. The van der Waals surface area contributed by atoms with Crippen molar-refractivity contribution in [2.75, 3.05) is 0 Å². The normalized spacial score (nSPS) is 10.4. The summed E-state index contributed by atoms with van der Waals surface area (Å²) in [5.41, 5.74) is 0.752. The molecule has 0 saturated carbocycles. The number of carbonyl (C=O) groups excluding carboxylic acids is 1. The molecular weight excluding hydrogens is 291 g/mol. The van der Waals surface area contributed by atoms with Gasteiger partial charge in [0.25, 0.3) is 5.91 Å². The molecule has 0 atom stereocenters. The van der Waals surface area contributed by atoms with E-state index in [9.17, 15) is 13.6 Å². The van der Waals surface area contributed by atoms with Crippen LogP contribution in [-0.4, -0.2) is 23.1 Å². The minimum absolute atomic E-state index is 0.0284. The largest absolute Gasteiger partial charge is 0.491 e. The number of aryl methyl sites for hydroxylation is 1. The Morgan fingerprint density at radius 2 is 1.86 bits per heavy atom. The van der Waals surface area contributed by atoms with Gasteiger partial charge in [-0.2, -0.15) is 0 Å². The Morgan fingerprint density at radius 3 is 2.50 bits per heavy atom. The van der Waals surface area contributed by atoms with Gasteiger partial charge in [0, 0.05) is 23.1 Å². The van der Waals surface area contributed by atoms with Gasteiger partial charge in [-0.05, 0) is 36.8 Å². The molecule has 2 aromatic carbocycles. The molecule has 4 nitrogen and oxygen atoms in total. The van der Waals surface area contributed by atoms with Gasteiger partial charge in [0.05, 0.1) is 0 Å². The van der Waals surface area contributed by atoms with Crippen LogP contribution >= 0.6 is 0 Å². The van der Waals surface area contributed by atoms with Crippen LogP contribution in [0.4, 0.5) is 8.78 Å². The lowest BCUT2D eigenvalue weighted by Gasteiger charge is -2.09. The van der Waals surface area contributed by atoms with Crippen LogP contribution in [0.15, 0.2) is 36.4 Å². The second kappa shape index (κ2) is 6.68. The lowest BCUT2D eigenvalue weighted by molar-refractivity contribution is 0.0950. The summed E-state index contributed by atoms with van der Waals surface area (Å²) in [4.78, 5) is 12.0. The number of benzene rings is 2. The Labute approximate surface area is 126 Å². The average molecular weight is 305 g/mol. The van der Waals surface area contributed by atoms with E-state index in [1.165, 1.54) is 12.1 Å². The van der Waals surface area contributed by atoms with Crippen LogP contribution in [0, 0.1) is 18.6 Å². The molecule has 22 heavy (non-hydrogen) atoms. The topological polar surface area (TPSA) is 69.6 Å². The molecule has 3 N–H and O–H groups in total. The molecule has 0 bridgehead atoms. The highest BCUT2D eigenvalue weighted by Gasteiger charge is 2.18. The Morgan fingerprint density at radius 1 is 1.14 bits per heavy atom. The lowest BCUT2D eigenvalue weighted by Crippen LogP contribution is -2.34. The van der Waals surface area contributed by atoms with Gasteiger partial charge in [-0.3, -0.25) is 4.79 Å². The molecule has 2 aromatic rings. The Hall–Kier alpha value is -2.25. The molecule has 7 heteroatoms. The zero-order valence-corrected chi connectivity index (χ0v) is 11.8.